The predicted octanol–water partition coefficient (Wildman–Crippen LogP) is 8.43. The van der Waals surface area contributed by atoms with E-state index in [1.807, 2.05) is 18.2 Å². The molecule has 32 heavy (non-hydrogen) atoms. The Morgan fingerprint density at radius 3 is 1.50 bits per heavy atom. The quantitative estimate of drug-likeness (QED) is 0.262. The van der Waals surface area contributed by atoms with Crippen molar-refractivity contribution in [2.75, 3.05) is 0 Å². The first kappa shape index (κ1) is 21.9. The van der Waals surface area contributed by atoms with E-state index >= 15 is 0 Å². The third kappa shape index (κ3) is 5.09. The summed E-state index contributed by atoms with van der Waals surface area (Å²) in [5.74, 6) is 0. The summed E-state index contributed by atoms with van der Waals surface area (Å²) in [5.41, 5.74) is 12.1. The summed E-state index contributed by atoms with van der Waals surface area (Å²) in [6.45, 7) is 6.37. The van der Waals surface area contributed by atoms with E-state index in [-0.39, 0.29) is 5.60 Å². The van der Waals surface area contributed by atoms with Gasteiger partial charge in [-0.1, -0.05) is 104 Å². The molecule has 4 aromatic carbocycles. The lowest BCUT2D eigenvalue weighted by molar-refractivity contribution is -0.0719. The Labute approximate surface area is 191 Å². The zero-order valence-corrected chi connectivity index (χ0v) is 19.1. The first-order valence-corrected chi connectivity index (χ1v) is 11.3. The fourth-order valence-corrected chi connectivity index (χ4v) is 4.02. The predicted molar refractivity (Wildman–Crippen MR) is 135 cm³/mol. The molecule has 0 heterocycles. The Kier molecular flexibility index (Phi) is 6.72. The summed E-state index contributed by atoms with van der Waals surface area (Å²) in [5, 5.41) is 0. The molecule has 1 radical (unpaired) electrons. The van der Waals surface area contributed by atoms with Gasteiger partial charge in [-0.15, -0.1) is 5.48 Å². The molecular formula is C30H30NO. The van der Waals surface area contributed by atoms with Gasteiger partial charge in [0.05, 0.1) is 5.60 Å². The van der Waals surface area contributed by atoms with Crippen molar-refractivity contribution in [3.05, 3.63) is 103 Å². The Balaban J connectivity index is 1.92. The SMILES string of the molecule is CCCC(C)(C)O[N]c1c(-c2ccccc2)cc(-c2ccccc2)cc1-c1ccccc1. The summed E-state index contributed by atoms with van der Waals surface area (Å²) in [4.78, 5) is 6.15. The maximum atomic E-state index is 6.15. The van der Waals surface area contributed by atoms with Gasteiger partial charge in [0.1, 0.15) is 5.69 Å². The molecule has 0 atom stereocenters. The van der Waals surface area contributed by atoms with Crippen molar-refractivity contribution in [3.63, 3.8) is 0 Å². The van der Waals surface area contributed by atoms with Crippen LogP contribution in [0.5, 0.6) is 0 Å². The number of benzene rings is 4. The third-order valence-electron chi connectivity index (χ3n) is 5.62. The lowest BCUT2D eigenvalue weighted by Gasteiger charge is -2.25. The maximum Gasteiger partial charge on any atom is 0.106 e. The molecule has 2 heteroatoms. The lowest BCUT2D eigenvalue weighted by atomic mass is 9.91. The Morgan fingerprint density at radius 1 is 0.625 bits per heavy atom. The van der Waals surface area contributed by atoms with Crippen molar-refractivity contribution in [2.45, 2.75) is 39.2 Å². The molecule has 0 saturated heterocycles. The maximum absolute atomic E-state index is 6.15. The molecule has 0 fully saturated rings. The van der Waals surface area contributed by atoms with Crippen molar-refractivity contribution in [2.24, 2.45) is 0 Å². The second-order valence-electron chi connectivity index (χ2n) is 8.71. The molecule has 0 aromatic heterocycles. The smallest absolute Gasteiger partial charge is 0.106 e. The van der Waals surface area contributed by atoms with Crippen LogP contribution in [0.3, 0.4) is 0 Å². The average Bonchev–Trinajstić information content (AvgIpc) is 2.84. The first-order valence-electron chi connectivity index (χ1n) is 11.3. The van der Waals surface area contributed by atoms with E-state index < -0.39 is 0 Å². The van der Waals surface area contributed by atoms with Crippen LogP contribution in [0.4, 0.5) is 5.69 Å². The summed E-state index contributed by atoms with van der Waals surface area (Å²) in [6, 6.07) is 35.9. The minimum atomic E-state index is -0.325. The highest BCUT2D eigenvalue weighted by molar-refractivity contribution is 5.92. The van der Waals surface area contributed by atoms with Crippen molar-refractivity contribution in [1.82, 2.24) is 5.48 Å². The van der Waals surface area contributed by atoms with E-state index in [1.165, 1.54) is 5.56 Å². The van der Waals surface area contributed by atoms with Crippen LogP contribution in [0.15, 0.2) is 103 Å². The van der Waals surface area contributed by atoms with Gasteiger partial charge in [0, 0.05) is 11.1 Å². The summed E-state index contributed by atoms with van der Waals surface area (Å²) in [7, 11) is 0. The van der Waals surface area contributed by atoms with Gasteiger partial charge in [-0.2, -0.15) is 0 Å². The topological polar surface area (TPSA) is 23.3 Å². The Hall–Kier alpha value is -3.36. The van der Waals surface area contributed by atoms with Crippen molar-refractivity contribution in [1.29, 1.82) is 0 Å². The summed E-state index contributed by atoms with van der Waals surface area (Å²) < 4.78 is 0. The van der Waals surface area contributed by atoms with Gasteiger partial charge >= 0.3 is 0 Å². The highest BCUT2D eigenvalue weighted by Gasteiger charge is 2.22. The second-order valence-corrected chi connectivity index (χ2v) is 8.71. The Bertz CT molecular complexity index is 1070. The summed E-state index contributed by atoms with van der Waals surface area (Å²) >= 11 is 0. The van der Waals surface area contributed by atoms with Gasteiger partial charge < -0.3 is 0 Å². The molecule has 2 nitrogen and oxygen atoms in total. The fourth-order valence-electron chi connectivity index (χ4n) is 4.02. The molecule has 4 rings (SSSR count). The number of hydrogen-bond acceptors (Lipinski definition) is 1. The molecule has 0 aliphatic carbocycles. The van der Waals surface area contributed by atoms with Gasteiger partial charge in [0.2, 0.25) is 0 Å². The van der Waals surface area contributed by atoms with E-state index in [0.717, 1.165) is 46.3 Å². The van der Waals surface area contributed by atoms with Crippen LogP contribution in [0.2, 0.25) is 0 Å². The van der Waals surface area contributed by atoms with E-state index in [4.69, 9.17) is 10.3 Å². The van der Waals surface area contributed by atoms with Gasteiger partial charge in [-0.3, -0.25) is 0 Å². The molecule has 0 saturated carbocycles. The Morgan fingerprint density at radius 2 is 1.06 bits per heavy atom. The fraction of sp³-hybridized carbons (Fsp3) is 0.200. The molecule has 0 aliphatic rings. The molecule has 0 aliphatic heterocycles. The third-order valence-corrected chi connectivity index (χ3v) is 5.62. The molecule has 0 N–H and O–H groups in total. The van der Waals surface area contributed by atoms with Crippen LogP contribution in [0.1, 0.15) is 33.6 Å². The number of rotatable bonds is 8. The van der Waals surface area contributed by atoms with Gasteiger partial charge in [-0.05, 0) is 54.7 Å². The van der Waals surface area contributed by atoms with Crippen LogP contribution >= 0.6 is 0 Å². The molecule has 0 bridgehead atoms. The van der Waals surface area contributed by atoms with E-state index in [9.17, 15) is 0 Å². The highest BCUT2D eigenvalue weighted by Crippen LogP contribution is 2.41. The van der Waals surface area contributed by atoms with Crippen molar-refractivity contribution >= 4 is 5.69 Å². The van der Waals surface area contributed by atoms with Gasteiger partial charge in [0.25, 0.3) is 0 Å². The van der Waals surface area contributed by atoms with Crippen LogP contribution in [0.25, 0.3) is 33.4 Å². The number of nitrogens with zero attached hydrogens (tertiary/aromatic N) is 1. The summed E-state index contributed by atoms with van der Waals surface area (Å²) in [6.07, 6.45) is 1.99. The van der Waals surface area contributed by atoms with Crippen LogP contribution in [0, 0.1) is 0 Å². The molecule has 161 valence electrons. The number of hydrogen-bond donors (Lipinski definition) is 0. The monoisotopic (exact) mass is 420 g/mol. The normalized spacial score (nSPS) is 11.3. The lowest BCUT2D eigenvalue weighted by Crippen LogP contribution is -2.27. The van der Waals surface area contributed by atoms with Crippen molar-refractivity contribution < 1.29 is 4.84 Å². The molecule has 0 unspecified atom stereocenters. The van der Waals surface area contributed by atoms with Crippen LogP contribution < -0.4 is 5.48 Å². The van der Waals surface area contributed by atoms with Crippen molar-refractivity contribution in [3.8, 4) is 33.4 Å². The largest absolute Gasteiger partial charge is 0.246 e. The zero-order valence-electron chi connectivity index (χ0n) is 19.1. The highest BCUT2D eigenvalue weighted by atomic mass is 16.7. The minimum Gasteiger partial charge on any atom is -0.246 e. The first-order chi connectivity index (χ1) is 15.6. The molecule has 0 amide bonds. The molecule has 0 spiro atoms. The van der Waals surface area contributed by atoms with E-state index in [1.54, 1.807) is 0 Å². The van der Waals surface area contributed by atoms with E-state index in [0.29, 0.717) is 0 Å². The molecular weight excluding hydrogens is 390 g/mol. The zero-order chi connectivity index (χ0) is 22.4. The molecule has 4 aromatic rings. The standard InChI is InChI=1S/C30H30NO/c1-4-20-30(2,3)32-31-29-27(24-16-10-6-11-17-24)21-26(23-14-8-5-9-15-23)22-28(29)25-18-12-7-13-19-25/h5-19,21-22H,4,20H2,1-3H3. The minimum absolute atomic E-state index is 0.325. The van der Waals surface area contributed by atoms with Crippen LogP contribution in [-0.2, 0) is 4.84 Å². The second kappa shape index (κ2) is 9.84. The van der Waals surface area contributed by atoms with E-state index in [2.05, 4.69) is 106 Å². The average molecular weight is 421 g/mol. The van der Waals surface area contributed by atoms with Crippen LogP contribution in [-0.4, -0.2) is 5.60 Å². The van der Waals surface area contributed by atoms with Gasteiger partial charge in [-0.25, -0.2) is 4.84 Å². The van der Waals surface area contributed by atoms with Gasteiger partial charge in [0.15, 0.2) is 0 Å².